The number of aliphatic hydroxyl groups is 1. The summed E-state index contributed by atoms with van der Waals surface area (Å²) in [5.41, 5.74) is 1.67. The molecule has 2 saturated heterocycles. The van der Waals surface area contributed by atoms with E-state index in [1.54, 1.807) is 13.4 Å². The van der Waals surface area contributed by atoms with E-state index in [4.69, 9.17) is 9.47 Å². The molecule has 6 rings (SSSR count). The maximum absolute atomic E-state index is 9.45. The van der Waals surface area contributed by atoms with Gasteiger partial charge in [0.1, 0.15) is 12.2 Å². The zero-order valence-electron chi connectivity index (χ0n) is 18.4. The van der Waals surface area contributed by atoms with E-state index in [1.165, 1.54) is 19.3 Å². The predicted molar refractivity (Wildman–Crippen MR) is 118 cm³/mol. The smallest absolute Gasteiger partial charge is 0.168 e. The van der Waals surface area contributed by atoms with E-state index in [9.17, 15) is 5.11 Å². The van der Waals surface area contributed by atoms with Crippen molar-refractivity contribution in [2.75, 3.05) is 25.6 Å². The van der Waals surface area contributed by atoms with Crippen LogP contribution >= 0.6 is 0 Å². The number of rotatable bonds is 7. The van der Waals surface area contributed by atoms with E-state index in [0.717, 1.165) is 12.1 Å². The van der Waals surface area contributed by atoms with Crippen molar-refractivity contribution < 1.29 is 14.6 Å². The number of imidazole rings is 1. The second kappa shape index (κ2) is 9.72. The van der Waals surface area contributed by atoms with E-state index in [0.29, 0.717) is 35.4 Å². The highest BCUT2D eigenvalue weighted by atomic mass is 16.5. The molecular weight excluding hydrogens is 394 g/mol. The first-order chi connectivity index (χ1) is 15.1. The standard InChI is InChI=1S/C18H23N5O2.C5H8O/c1-4-19-16-14-17(22-15(21-14)12(2)10-24)23(11-20-16)18(25-3)13-8-6-5-7-9-13;1-2-5-3-4(1)6-5/h5-9,11-12,18-19,24H,4,10H2,1-3H3;4-5H,1-3H2. The van der Waals surface area contributed by atoms with Gasteiger partial charge in [0.05, 0.1) is 18.8 Å². The monoisotopic (exact) mass is 425 g/mol. The molecule has 0 spiro atoms. The number of aromatic nitrogens is 4. The van der Waals surface area contributed by atoms with E-state index in [1.807, 2.05) is 48.7 Å². The van der Waals surface area contributed by atoms with Gasteiger partial charge in [-0.2, -0.15) is 0 Å². The number of anilines is 1. The zero-order chi connectivity index (χ0) is 21.8. The molecule has 4 heterocycles. The molecule has 1 aromatic carbocycles. The first-order valence-electron chi connectivity index (χ1n) is 11.0. The van der Waals surface area contributed by atoms with Crippen molar-refractivity contribution in [2.24, 2.45) is 0 Å². The lowest BCUT2D eigenvalue weighted by Gasteiger charge is -2.23. The molecule has 1 aliphatic carbocycles. The van der Waals surface area contributed by atoms with Gasteiger partial charge in [0.25, 0.3) is 0 Å². The Morgan fingerprint density at radius 1 is 1.23 bits per heavy atom. The summed E-state index contributed by atoms with van der Waals surface area (Å²) < 4.78 is 12.8. The van der Waals surface area contributed by atoms with Crippen LogP contribution in [0.15, 0.2) is 36.7 Å². The Hall–Kier alpha value is -2.55. The van der Waals surface area contributed by atoms with Gasteiger partial charge >= 0.3 is 0 Å². The lowest BCUT2D eigenvalue weighted by molar-refractivity contribution is -0.0647. The van der Waals surface area contributed by atoms with Crippen molar-refractivity contribution >= 4 is 5.82 Å². The summed E-state index contributed by atoms with van der Waals surface area (Å²) in [6.07, 6.45) is 6.77. The molecule has 2 N–H and O–H groups in total. The highest BCUT2D eigenvalue weighted by Crippen LogP contribution is 2.36. The van der Waals surface area contributed by atoms with E-state index in [2.05, 4.69) is 20.3 Å². The number of hydrogen-bond acceptors (Lipinski definition) is 7. The Kier molecular flexibility index (Phi) is 6.80. The Balaban J connectivity index is 0.000000325. The summed E-state index contributed by atoms with van der Waals surface area (Å²) in [5.74, 6) is 1.81. The molecule has 31 heavy (non-hydrogen) atoms. The van der Waals surface area contributed by atoms with Gasteiger partial charge in [-0.25, -0.2) is 15.0 Å². The topological polar surface area (TPSA) is 94.3 Å². The van der Waals surface area contributed by atoms with Crippen LogP contribution in [0.4, 0.5) is 5.82 Å². The number of aliphatic hydroxyl groups excluding tert-OH is 1. The first-order valence-corrected chi connectivity index (χ1v) is 11.0. The number of hydrogen-bond donors (Lipinski definition) is 2. The van der Waals surface area contributed by atoms with Crippen molar-refractivity contribution in [2.45, 2.75) is 57.5 Å². The van der Waals surface area contributed by atoms with E-state index < -0.39 is 0 Å². The minimum absolute atomic E-state index is 0.00726. The molecule has 1 saturated carbocycles. The summed E-state index contributed by atoms with van der Waals surface area (Å²) in [7, 11) is 1.66. The normalized spacial score (nSPS) is 21.2. The zero-order valence-corrected chi connectivity index (χ0v) is 18.4. The molecule has 4 unspecified atom stereocenters. The average Bonchev–Trinajstić information content (AvgIpc) is 3.53. The average molecular weight is 426 g/mol. The van der Waals surface area contributed by atoms with Crippen LogP contribution in [0, 0.1) is 0 Å². The van der Waals surface area contributed by atoms with E-state index in [-0.39, 0.29) is 18.8 Å². The fourth-order valence-corrected chi connectivity index (χ4v) is 4.02. The van der Waals surface area contributed by atoms with Crippen molar-refractivity contribution in [1.29, 1.82) is 0 Å². The quantitative estimate of drug-likeness (QED) is 0.599. The third kappa shape index (κ3) is 4.56. The van der Waals surface area contributed by atoms with Crippen molar-refractivity contribution in [1.82, 2.24) is 19.5 Å². The van der Waals surface area contributed by atoms with Gasteiger partial charge in [0.2, 0.25) is 0 Å². The Bertz CT molecular complexity index is 928. The minimum atomic E-state index is -0.360. The van der Waals surface area contributed by atoms with Crippen LogP contribution in [0.2, 0.25) is 0 Å². The van der Waals surface area contributed by atoms with Crippen LogP contribution in [-0.2, 0) is 9.47 Å². The van der Waals surface area contributed by atoms with Crippen LogP contribution in [-0.4, -0.2) is 57.1 Å². The first kappa shape index (κ1) is 21.7. The molecule has 0 radical (unpaired) electrons. The number of benzene rings is 1. The minimum Gasteiger partial charge on any atom is -0.396 e. The van der Waals surface area contributed by atoms with Gasteiger partial charge in [0.15, 0.2) is 23.6 Å². The second-order valence-corrected chi connectivity index (χ2v) is 8.06. The number of ether oxygens (including phenoxy) is 2. The third-order valence-corrected chi connectivity index (χ3v) is 5.78. The fraction of sp³-hybridized carbons (Fsp3) is 0.522. The third-order valence-electron chi connectivity index (χ3n) is 5.78. The predicted octanol–water partition coefficient (Wildman–Crippen LogP) is 3.44. The second-order valence-electron chi connectivity index (χ2n) is 8.06. The van der Waals surface area contributed by atoms with Crippen molar-refractivity contribution in [3.05, 3.63) is 48.0 Å². The largest absolute Gasteiger partial charge is 0.396 e. The highest BCUT2D eigenvalue weighted by Gasteiger charge is 2.36. The Labute approximate surface area is 183 Å². The number of methoxy groups -OCH3 is 1. The summed E-state index contributed by atoms with van der Waals surface area (Å²) in [5, 5.41) is 12.7. The van der Waals surface area contributed by atoms with Gasteiger partial charge in [-0.3, -0.25) is 4.57 Å². The molecular formula is C23H31N5O3. The molecule has 1 aromatic rings. The van der Waals surface area contributed by atoms with Crippen LogP contribution < -0.4 is 5.32 Å². The maximum atomic E-state index is 9.45. The summed E-state index contributed by atoms with van der Waals surface area (Å²) in [6, 6.07) is 9.90. The van der Waals surface area contributed by atoms with Gasteiger partial charge in [0, 0.05) is 25.1 Å². The molecule has 4 aliphatic heterocycles. The lowest BCUT2D eigenvalue weighted by Crippen LogP contribution is -2.25. The summed E-state index contributed by atoms with van der Waals surface area (Å²) >= 11 is 0. The number of nitrogens with zero attached hydrogens (tertiary/aromatic N) is 4. The molecule has 0 aromatic heterocycles. The summed E-state index contributed by atoms with van der Waals surface area (Å²) in [4.78, 5) is 13.7. The van der Waals surface area contributed by atoms with Crippen LogP contribution in [0.25, 0.3) is 11.5 Å². The van der Waals surface area contributed by atoms with Gasteiger partial charge in [-0.15, -0.1) is 0 Å². The van der Waals surface area contributed by atoms with Crippen LogP contribution in [0.3, 0.4) is 0 Å². The van der Waals surface area contributed by atoms with Crippen molar-refractivity contribution in [3.8, 4) is 11.5 Å². The fourth-order valence-electron chi connectivity index (χ4n) is 4.02. The van der Waals surface area contributed by atoms with E-state index >= 15 is 0 Å². The Morgan fingerprint density at radius 3 is 2.48 bits per heavy atom. The summed E-state index contributed by atoms with van der Waals surface area (Å²) in [6.45, 7) is 4.62. The molecule has 8 nitrogen and oxygen atoms in total. The van der Waals surface area contributed by atoms with Gasteiger partial charge in [-0.05, 0) is 26.2 Å². The number of nitrogens with one attached hydrogen (secondary N) is 1. The van der Waals surface area contributed by atoms with Gasteiger partial charge in [-0.1, -0.05) is 37.3 Å². The molecule has 2 bridgehead atoms. The van der Waals surface area contributed by atoms with Crippen LogP contribution in [0.5, 0.6) is 0 Å². The van der Waals surface area contributed by atoms with Gasteiger partial charge < -0.3 is 19.9 Å². The molecule has 3 fully saturated rings. The lowest BCUT2D eigenvalue weighted by atomic mass is 10.2. The molecule has 0 amide bonds. The van der Waals surface area contributed by atoms with Crippen LogP contribution in [0.1, 0.15) is 56.6 Å². The number of fused-ring (bicyclic) bond motifs is 2. The SMILES string of the molecule is C1CC2CC1O2.CCNc1ncn(C(OC)c2ccccc2)c2nc(C(C)CO)nc1-2. The maximum Gasteiger partial charge on any atom is 0.168 e. The molecule has 5 aliphatic rings. The molecule has 4 atom stereocenters. The highest BCUT2D eigenvalue weighted by molar-refractivity contribution is 5.67. The van der Waals surface area contributed by atoms with Crippen molar-refractivity contribution in [3.63, 3.8) is 0 Å². The Morgan fingerprint density at radius 2 is 1.94 bits per heavy atom. The molecule has 166 valence electrons. The molecule has 8 heteroatoms.